The van der Waals surface area contributed by atoms with Crippen LogP contribution in [0.1, 0.15) is 24.0 Å². The van der Waals surface area contributed by atoms with Gasteiger partial charge >= 0.3 is 0 Å². The van der Waals surface area contributed by atoms with Gasteiger partial charge in [0.25, 0.3) is 0 Å². The largest absolute Gasteiger partial charge is 0.0620 e. The SMILES string of the molecule is c1cc2ccc3cccc4ccc(c1)c2c34.c1ccc2c(c1)CCCC2. The first-order valence-corrected chi connectivity index (χ1v) is 9.59. The van der Waals surface area contributed by atoms with E-state index >= 15 is 0 Å². The fourth-order valence-corrected chi connectivity index (χ4v) is 4.35. The van der Waals surface area contributed by atoms with Crippen molar-refractivity contribution >= 4 is 32.3 Å². The van der Waals surface area contributed by atoms with Gasteiger partial charge in [0.2, 0.25) is 0 Å². The predicted octanol–water partition coefficient (Wildman–Crippen LogP) is 7.15. The molecule has 0 fully saturated rings. The minimum absolute atomic E-state index is 1.30. The summed E-state index contributed by atoms with van der Waals surface area (Å²) in [4.78, 5) is 0. The molecule has 0 nitrogen and oxygen atoms in total. The van der Waals surface area contributed by atoms with Gasteiger partial charge in [-0.2, -0.15) is 0 Å². The Morgan fingerprint density at radius 3 is 1.15 bits per heavy atom. The van der Waals surface area contributed by atoms with E-state index in [0.29, 0.717) is 0 Å². The third-order valence-corrected chi connectivity index (χ3v) is 5.65. The molecule has 1 aliphatic rings. The molecule has 0 radical (unpaired) electrons. The highest BCUT2D eigenvalue weighted by molar-refractivity contribution is 6.22. The molecule has 0 atom stereocenters. The van der Waals surface area contributed by atoms with E-state index < -0.39 is 0 Å². The molecule has 0 heterocycles. The zero-order valence-electron chi connectivity index (χ0n) is 14.9. The number of hydrogen-bond acceptors (Lipinski definition) is 0. The summed E-state index contributed by atoms with van der Waals surface area (Å²) in [6.07, 6.45) is 5.38. The number of hydrogen-bond donors (Lipinski definition) is 0. The number of rotatable bonds is 0. The third-order valence-electron chi connectivity index (χ3n) is 5.65. The Morgan fingerprint density at radius 1 is 0.385 bits per heavy atom. The fraction of sp³-hybridized carbons (Fsp3) is 0.154. The van der Waals surface area contributed by atoms with E-state index in [0.717, 1.165) is 0 Å². The molecule has 1 aliphatic carbocycles. The zero-order valence-corrected chi connectivity index (χ0v) is 14.9. The van der Waals surface area contributed by atoms with Crippen LogP contribution in [-0.2, 0) is 12.8 Å². The standard InChI is InChI=1S/C16H10.C10H12/c1-3-11-7-9-13-5-2-6-14-10-8-12(4-1)15(11)16(13)14;1-2-6-10-8-4-3-7-9(10)5-1/h1-10H;1-2,5-6H,3-4,7-8H2. The van der Waals surface area contributed by atoms with Crippen LogP contribution in [0, 0.1) is 0 Å². The van der Waals surface area contributed by atoms with Gasteiger partial charge in [-0.05, 0) is 69.1 Å². The van der Waals surface area contributed by atoms with Gasteiger partial charge in [0.15, 0.2) is 0 Å². The quantitative estimate of drug-likeness (QED) is 0.264. The maximum absolute atomic E-state index is 2.26. The van der Waals surface area contributed by atoms with Crippen molar-refractivity contribution in [3.63, 3.8) is 0 Å². The van der Waals surface area contributed by atoms with Crippen LogP contribution in [-0.4, -0.2) is 0 Å². The fourth-order valence-electron chi connectivity index (χ4n) is 4.35. The van der Waals surface area contributed by atoms with E-state index in [1.54, 1.807) is 11.1 Å². The van der Waals surface area contributed by atoms with E-state index in [1.807, 2.05) is 0 Å². The van der Waals surface area contributed by atoms with Gasteiger partial charge in [0, 0.05) is 0 Å². The number of fused-ring (bicyclic) bond motifs is 1. The number of benzene rings is 5. The van der Waals surface area contributed by atoms with Crippen LogP contribution in [0.4, 0.5) is 0 Å². The second-order valence-electron chi connectivity index (χ2n) is 7.27. The summed E-state index contributed by atoms with van der Waals surface area (Å²) in [6, 6.07) is 30.7. The van der Waals surface area contributed by atoms with Crippen molar-refractivity contribution in [2.45, 2.75) is 25.7 Å². The average molecular weight is 334 g/mol. The lowest BCUT2D eigenvalue weighted by Gasteiger charge is -2.13. The monoisotopic (exact) mass is 334 g/mol. The average Bonchev–Trinajstić information content (AvgIpc) is 2.73. The van der Waals surface area contributed by atoms with Gasteiger partial charge in [0.1, 0.15) is 0 Å². The lowest BCUT2D eigenvalue weighted by Crippen LogP contribution is -2.00. The van der Waals surface area contributed by atoms with Crippen LogP contribution in [0.2, 0.25) is 0 Å². The summed E-state index contributed by atoms with van der Waals surface area (Å²) >= 11 is 0. The van der Waals surface area contributed by atoms with Gasteiger partial charge in [0.05, 0.1) is 0 Å². The molecule has 5 aromatic rings. The third kappa shape index (κ3) is 2.63. The molecule has 0 aromatic heterocycles. The molecule has 0 saturated heterocycles. The van der Waals surface area contributed by atoms with Gasteiger partial charge < -0.3 is 0 Å². The summed E-state index contributed by atoms with van der Waals surface area (Å²) in [7, 11) is 0. The van der Waals surface area contributed by atoms with Crippen molar-refractivity contribution in [2.24, 2.45) is 0 Å². The van der Waals surface area contributed by atoms with Crippen LogP contribution in [0.3, 0.4) is 0 Å². The summed E-state index contributed by atoms with van der Waals surface area (Å²) < 4.78 is 0. The Hall–Kier alpha value is -2.86. The molecule has 5 aromatic carbocycles. The summed E-state index contributed by atoms with van der Waals surface area (Å²) in [5, 5.41) is 8.14. The van der Waals surface area contributed by atoms with Crippen LogP contribution >= 0.6 is 0 Å². The molecule has 0 spiro atoms. The Balaban J connectivity index is 0.000000129. The summed E-state index contributed by atoms with van der Waals surface area (Å²) in [6.45, 7) is 0. The highest BCUT2D eigenvalue weighted by atomic mass is 14.1. The Kier molecular flexibility index (Phi) is 3.83. The van der Waals surface area contributed by atoms with Crippen molar-refractivity contribution in [3.05, 3.63) is 96.1 Å². The number of aryl methyl sites for hydroxylation is 2. The van der Waals surface area contributed by atoms with Gasteiger partial charge in [-0.25, -0.2) is 0 Å². The molecule has 126 valence electrons. The van der Waals surface area contributed by atoms with Crippen LogP contribution < -0.4 is 0 Å². The molecular weight excluding hydrogens is 312 g/mol. The molecule has 0 amide bonds. The minimum atomic E-state index is 1.30. The van der Waals surface area contributed by atoms with E-state index in [4.69, 9.17) is 0 Å². The molecular formula is C26H22. The molecule has 0 N–H and O–H groups in total. The molecule has 26 heavy (non-hydrogen) atoms. The predicted molar refractivity (Wildman–Crippen MR) is 113 cm³/mol. The second kappa shape index (κ2) is 6.46. The lowest BCUT2D eigenvalue weighted by molar-refractivity contribution is 0.685. The maximum Gasteiger partial charge on any atom is -0.00268 e. The first kappa shape index (κ1) is 15.4. The summed E-state index contributed by atoms with van der Waals surface area (Å²) in [5.41, 5.74) is 3.16. The molecule has 0 aliphatic heterocycles. The van der Waals surface area contributed by atoms with Crippen molar-refractivity contribution in [2.75, 3.05) is 0 Å². The highest BCUT2D eigenvalue weighted by Crippen LogP contribution is 2.33. The van der Waals surface area contributed by atoms with Crippen molar-refractivity contribution in [3.8, 4) is 0 Å². The van der Waals surface area contributed by atoms with Crippen LogP contribution in [0.25, 0.3) is 32.3 Å². The Bertz CT molecular complexity index is 1030. The van der Waals surface area contributed by atoms with Crippen molar-refractivity contribution in [1.82, 2.24) is 0 Å². The Labute approximate surface area is 154 Å². The van der Waals surface area contributed by atoms with Crippen LogP contribution in [0.15, 0.2) is 84.9 Å². The summed E-state index contributed by atoms with van der Waals surface area (Å²) in [5.74, 6) is 0. The van der Waals surface area contributed by atoms with Crippen molar-refractivity contribution in [1.29, 1.82) is 0 Å². The van der Waals surface area contributed by atoms with E-state index in [1.165, 1.54) is 58.0 Å². The van der Waals surface area contributed by atoms with Crippen molar-refractivity contribution < 1.29 is 0 Å². The van der Waals surface area contributed by atoms with Gasteiger partial charge in [-0.1, -0.05) is 84.9 Å². The first-order chi connectivity index (χ1) is 12.9. The molecule has 0 heteroatoms. The molecule has 0 bridgehead atoms. The highest BCUT2D eigenvalue weighted by Gasteiger charge is 2.07. The maximum atomic E-state index is 2.26. The second-order valence-corrected chi connectivity index (χ2v) is 7.27. The smallest absolute Gasteiger partial charge is 0.00268 e. The van der Waals surface area contributed by atoms with E-state index in [2.05, 4.69) is 84.9 Å². The topological polar surface area (TPSA) is 0 Å². The Morgan fingerprint density at radius 2 is 0.769 bits per heavy atom. The molecule has 6 rings (SSSR count). The molecule has 0 unspecified atom stereocenters. The van der Waals surface area contributed by atoms with Crippen LogP contribution in [0.5, 0.6) is 0 Å². The minimum Gasteiger partial charge on any atom is -0.0620 e. The first-order valence-electron chi connectivity index (χ1n) is 9.59. The lowest BCUT2D eigenvalue weighted by atomic mass is 9.92. The van der Waals surface area contributed by atoms with E-state index in [-0.39, 0.29) is 0 Å². The molecule has 0 saturated carbocycles. The van der Waals surface area contributed by atoms with E-state index in [9.17, 15) is 0 Å². The van der Waals surface area contributed by atoms with Gasteiger partial charge in [-0.3, -0.25) is 0 Å². The van der Waals surface area contributed by atoms with Gasteiger partial charge in [-0.15, -0.1) is 0 Å². The zero-order chi connectivity index (χ0) is 17.3. The normalized spacial score (nSPS) is 13.5.